The molecule has 1 aromatic rings. The summed E-state index contributed by atoms with van der Waals surface area (Å²) in [6.07, 6.45) is 8.50. The van der Waals surface area contributed by atoms with Gasteiger partial charge in [-0.25, -0.2) is 0 Å². The van der Waals surface area contributed by atoms with Crippen LogP contribution in [0.1, 0.15) is 56.4 Å². The number of rotatable bonds is 6. The summed E-state index contributed by atoms with van der Waals surface area (Å²) in [7, 11) is 0. The molecular formula is C20H29NO2. The van der Waals surface area contributed by atoms with E-state index in [-0.39, 0.29) is 6.10 Å². The number of carbonyl (C=O) groups excluding carboxylic acids is 1. The number of nitrogens with one attached hydrogen (secondary N) is 1. The molecule has 2 fully saturated rings. The van der Waals surface area contributed by atoms with Crippen LogP contribution in [0.25, 0.3) is 0 Å². The van der Waals surface area contributed by atoms with Crippen molar-refractivity contribution in [1.29, 1.82) is 0 Å². The van der Waals surface area contributed by atoms with E-state index in [2.05, 4.69) is 35.6 Å². The maximum Gasteiger partial charge on any atom is 0.293 e. The Bertz CT molecular complexity index is 470. The molecule has 3 unspecified atom stereocenters. The first kappa shape index (κ1) is 16.5. The van der Waals surface area contributed by atoms with Crippen LogP contribution in [0, 0.1) is 11.8 Å². The van der Waals surface area contributed by atoms with Crippen LogP contribution in [0.3, 0.4) is 0 Å². The lowest BCUT2D eigenvalue weighted by Crippen LogP contribution is -2.36. The molecule has 3 rings (SSSR count). The van der Waals surface area contributed by atoms with Gasteiger partial charge in [0.25, 0.3) is 6.47 Å². The van der Waals surface area contributed by atoms with Gasteiger partial charge in [-0.15, -0.1) is 0 Å². The zero-order valence-corrected chi connectivity index (χ0v) is 14.0. The third-order valence-electron chi connectivity index (χ3n) is 5.78. The second kappa shape index (κ2) is 8.49. The quantitative estimate of drug-likeness (QED) is 0.809. The molecule has 1 aliphatic carbocycles. The van der Waals surface area contributed by atoms with Gasteiger partial charge >= 0.3 is 0 Å². The monoisotopic (exact) mass is 315 g/mol. The van der Waals surface area contributed by atoms with Crippen LogP contribution >= 0.6 is 0 Å². The van der Waals surface area contributed by atoms with E-state index >= 15 is 0 Å². The molecule has 23 heavy (non-hydrogen) atoms. The molecule has 0 radical (unpaired) electrons. The molecule has 1 aliphatic heterocycles. The summed E-state index contributed by atoms with van der Waals surface area (Å²) in [5, 5.41) is 3.42. The molecule has 1 N–H and O–H groups in total. The largest absolute Gasteiger partial charge is 0.464 e. The number of ether oxygens (including phenoxy) is 1. The Morgan fingerprint density at radius 2 is 1.83 bits per heavy atom. The number of hydrogen-bond acceptors (Lipinski definition) is 3. The van der Waals surface area contributed by atoms with Gasteiger partial charge in [0.15, 0.2) is 0 Å². The average molecular weight is 315 g/mol. The van der Waals surface area contributed by atoms with Gasteiger partial charge in [0, 0.05) is 5.92 Å². The van der Waals surface area contributed by atoms with E-state index in [0.29, 0.717) is 24.2 Å². The molecule has 2 aliphatic rings. The van der Waals surface area contributed by atoms with Gasteiger partial charge in [0.05, 0.1) is 0 Å². The van der Waals surface area contributed by atoms with Crippen LogP contribution in [-0.4, -0.2) is 25.7 Å². The molecule has 3 atom stereocenters. The predicted molar refractivity (Wildman–Crippen MR) is 92.3 cm³/mol. The maximum atomic E-state index is 11.1. The zero-order valence-electron chi connectivity index (χ0n) is 14.0. The minimum Gasteiger partial charge on any atom is -0.464 e. The lowest BCUT2D eigenvalue weighted by atomic mass is 9.71. The number of carbonyl (C=O) groups is 1. The summed E-state index contributed by atoms with van der Waals surface area (Å²) in [5.41, 5.74) is 1.42. The Hall–Kier alpha value is -1.35. The summed E-state index contributed by atoms with van der Waals surface area (Å²) >= 11 is 0. The minimum atomic E-state index is 0.0844. The first-order valence-corrected chi connectivity index (χ1v) is 9.23. The van der Waals surface area contributed by atoms with E-state index in [0.717, 1.165) is 19.5 Å². The summed E-state index contributed by atoms with van der Waals surface area (Å²) in [6.45, 7) is 2.89. The predicted octanol–water partition coefficient (Wildman–Crippen LogP) is 3.89. The SMILES string of the molecule is O=COC(CC1CCNCC1)C1CCCCC1c1ccccc1. The van der Waals surface area contributed by atoms with E-state index in [9.17, 15) is 4.79 Å². The van der Waals surface area contributed by atoms with Gasteiger partial charge in [0.2, 0.25) is 0 Å². The van der Waals surface area contributed by atoms with Gasteiger partial charge in [-0.1, -0.05) is 43.2 Å². The van der Waals surface area contributed by atoms with E-state index in [1.807, 2.05) is 0 Å². The van der Waals surface area contributed by atoms with Crippen molar-refractivity contribution in [3.63, 3.8) is 0 Å². The van der Waals surface area contributed by atoms with E-state index in [1.54, 1.807) is 0 Å². The van der Waals surface area contributed by atoms with Crippen LogP contribution in [0.4, 0.5) is 0 Å². The third-order valence-corrected chi connectivity index (χ3v) is 5.78. The first-order valence-electron chi connectivity index (χ1n) is 9.23. The highest BCUT2D eigenvalue weighted by molar-refractivity contribution is 5.37. The second-order valence-electron chi connectivity index (χ2n) is 7.17. The fourth-order valence-electron chi connectivity index (χ4n) is 4.57. The van der Waals surface area contributed by atoms with Crippen LogP contribution in [0.15, 0.2) is 30.3 Å². The second-order valence-corrected chi connectivity index (χ2v) is 7.17. The van der Waals surface area contributed by atoms with Crippen LogP contribution in [0.2, 0.25) is 0 Å². The number of hydrogen-bond donors (Lipinski definition) is 1. The topological polar surface area (TPSA) is 38.3 Å². The lowest BCUT2D eigenvalue weighted by molar-refractivity contribution is -0.138. The van der Waals surface area contributed by atoms with Crippen molar-refractivity contribution in [3.8, 4) is 0 Å². The average Bonchev–Trinajstić information content (AvgIpc) is 2.63. The minimum absolute atomic E-state index is 0.0844. The van der Waals surface area contributed by atoms with Crippen molar-refractivity contribution in [1.82, 2.24) is 5.32 Å². The summed E-state index contributed by atoms with van der Waals surface area (Å²) in [6, 6.07) is 10.8. The highest BCUT2D eigenvalue weighted by Crippen LogP contribution is 2.42. The van der Waals surface area contributed by atoms with E-state index < -0.39 is 0 Å². The Morgan fingerprint density at radius 1 is 1.09 bits per heavy atom. The van der Waals surface area contributed by atoms with Crippen molar-refractivity contribution in [3.05, 3.63) is 35.9 Å². The third kappa shape index (κ3) is 4.35. The fraction of sp³-hybridized carbons (Fsp3) is 0.650. The Morgan fingerprint density at radius 3 is 2.57 bits per heavy atom. The molecule has 0 aromatic heterocycles. The Labute approximate surface area is 139 Å². The Kier molecular flexibility index (Phi) is 6.09. The van der Waals surface area contributed by atoms with Crippen molar-refractivity contribution < 1.29 is 9.53 Å². The molecule has 3 nitrogen and oxygen atoms in total. The molecular weight excluding hydrogens is 286 g/mol. The fourth-order valence-corrected chi connectivity index (χ4v) is 4.57. The van der Waals surface area contributed by atoms with Crippen LogP contribution < -0.4 is 5.32 Å². The van der Waals surface area contributed by atoms with Gasteiger partial charge in [-0.3, -0.25) is 4.79 Å². The summed E-state index contributed by atoms with van der Waals surface area (Å²) < 4.78 is 5.63. The molecule has 0 bridgehead atoms. The van der Waals surface area contributed by atoms with Crippen LogP contribution in [-0.2, 0) is 9.53 Å². The van der Waals surface area contributed by atoms with Crippen LogP contribution in [0.5, 0.6) is 0 Å². The molecule has 1 heterocycles. The highest BCUT2D eigenvalue weighted by Gasteiger charge is 2.35. The van der Waals surface area contributed by atoms with Crippen molar-refractivity contribution in [2.75, 3.05) is 13.1 Å². The molecule has 1 saturated carbocycles. The summed E-state index contributed by atoms with van der Waals surface area (Å²) in [5.74, 6) is 1.71. The smallest absolute Gasteiger partial charge is 0.293 e. The van der Waals surface area contributed by atoms with E-state index in [1.165, 1.54) is 44.1 Å². The molecule has 0 spiro atoms. The summed E-state index contributed by atoms with van der Waals surface area (Å²) in [4.78, 5) is 11.1. The number of benzene rings is 1. The molecule has 1 aromatic carbocycles. The molecule has 1 saturated heterocycles. The standard InChI is InChI=1S/C20H29NO2/c22-15-23-20(14-16-10-12-21-13-11-16)19-9-5-4-8-18(19)17-6-2-1-3-7-17/h1-3,6-7,15-16,18-21H,4-5,8-14H2. The highest BCUT2D eigenvalue weighted by atomic mass is 16.5. The van der Waals surface area contributed by atoms with Crippen molar-refractivity contribution in [2.45, 2.75) is 57.0 Å². The molecule has 126 valence electrons. The lowest BCUT2D eigenvalue weighted by Gasteiger charge is -2.38. The zero-order chi connectivity index (χ0) is 15.9. The van der Waals surface area contributed by atoms with Crippen molar-refractivity contribution in [2.24, 2.45) is 11.8 Å². The van der Waals surface area contributed by atoms with E-state index in [4.69, 9.17) is 4.74 Å². The molecule has 0 amide bonds. The first-order chi connectivity index (χ1) is 11.4. The number of piperidine rings is 1. The van der Waals surface area contributed by atoms with Gasteiger partial charge in [0.1, 0.15) is 6.10 Å². The normalized spacial score (nSPS) is 27.3. The van der Waals surface area contributed by atoms with Gasteiger partial charge in [-0.05, 0) is 62.6 Å². The van der Waals surface area contributed by atoms with Gasteiger partial charge in [-0.2, -0.15) is 0 Å². The molecule has 3 heteroatoms. The van der Waals surface area contributed by atoms with Crippen molar-refractivity contribution >= 4 is 6.47 Å². The Balaban J connectivity index is 1.73. The maximum absolute atomic E-state index is 11.1. The van der Waals surface area contributed by atoms with Gasteiger partial charge < -0.3 is 10.1 Å².